The van der Waals surface area contributed by atoms with Gasteiger partial charge in [0.25, 0.3) is 0 Å². The quantitative estimate of drug-likeness (QED) is 0.593. The molecule has 0 bridgehead atoms. The number of nitrogens with one attached hydrogen (secondary N) is 1. The molecule has 4 rings (SSSR count). The number of carbonyl (C=O) groups excluding carboxylic acids is 1. The van der Waals surface area contributed by atoms with E-state index in [2.05, 4.69) is 60.6 Å². The van der Waals surface area contributed by atoms with E-state index in [0.717, 1.165) is 54.7 Å². The summed E-state index contributed by atoms with van der Waals surface area (Å²) in [5.74, 6) is 0. The van der Waals surface area contributed by atoms with Crippen LogP contribution in [0.15, 0.2) is 60.0 Å². The number of aromatic nitrogens is 1. The van der Waals surface area contributed by atoms with E-state index < -0.39 is 0 Å². The molecular formula is C25H30N4OS. The minimum atomic E-state index is -0.0243. The van der Waals surface area contributed by atoms with Crippen molar-refractivity contribution < 1.29 is 4.79 Å². The van der Waals surface area contributed by atoms with Crippen LogP contribution in [0.2, 0.25) is 0 Å². The van der Waals surface area contributed by atoms with E-state index in [1.165, 1.54) is 5.56 Å². The van der Waals surface area contributed by atoms with Gasteiger partial charge in [-0.15, -0.1) is 11.3 Å². The van der Waals surface area contributed by atoms with Gasteiger partial charge in [-0.2, -0.15) is 0 Å². The van der Waals surface area contributed by atoms with Crippen LogP contribution in [-0.2, 0) is 12.0 Å². The Morgan fingerprint density at radius 3 is 2.32 bits per heavy atom. The second-order valence-electron chi connectivity index (χ2n) is 9.01. The Morgan fingerprint density at radius 2 is 1.68 bits per heavy atom. The molecule has 1 aliphatic heterocycles. The molecule has 1 aliphatic rings. The summed E-state index contributed by atoms with van der Waals surface area (Å²) in [5, 5.41) is 6.28. The first-order chi connectivity index (χ1) is 14.9. The minimum Gasteiger partial charge on any atom is -0.322 e. The van der Waals surface area contributed by atoms with Gasteiger partial charge < -0.3 is 10.2 Å². The highest BCUT2D eigenvalue weighted by Gasteiger charge is 2.22. The number of rotatable bonds is 4. The zero-order valence-electron chi connectivity index (χ0n) is 18.5. The molecule has 0 spiro atoms. The average Bonchev–Trinajstić information content (AvgIpc) is 3.23. The van der Waals surface area contributed by atoms with Crippen molar-refractivity contribution in [2.75, 3.05) is 31.5 Å². The van der Waals surface area contributed by atoms with Crippen molar-refractivity contribution in [2.45, 2.75) is 32.7 Å². The third-order valence-corrected chi connectivity index (χ3v) is 6.48. The van der Waals surface area contributed by atoms with Gasteiger partial charge in [0.15, 0.2) is 0 Å². The highest BCUT2D eigenvalue weighted by atomic mass is 32.1. The summed E-state index contributed by atoms with van der Waals surface area (Å²) in [6.07, 6.45) is 0. The lowest BCUT2D eigenvalue weighted by Gasteiger charge is -2.34. The maximum absolute atomic E-state index is 12.7. The number of hydrogen-bond donors (Lipinski definition) is 1. The summed E-state index contributed by atoms with van der Waals surface area (Å²) in [4.78, 5) is 21.7. The zero-order chi connectivity index (χ0) is 21.8. The predicted molar refractivity (Wildman–Crippen MR) is 129 cm³/mol. The van der Waals surface area contributed by atoms with Crippen LogP contribution in [0.25, 0.3) is 11.3 Å². The first-order valence-corrected chi connectivity index (χ1v) is 11.6. The van der Waals surface area contributed by atoms with E-state index in [0.29, 0.717) is 0 Å². The number of carbonyl (C=O) groups is 1. The molecule has 1 N–H and O–H groups in total. The summed E-state index contributed by atoms with van der Waals surface area (Å²) in [5.41, 5.74) is 4.41. The van der Waals surface area contributed by atoms with Gasteiger partial charge >= 0.3 is 6.03 Å². The van der Waals surface area contributed by atoms with Crippen LogP contribution in [0, 0.1) is 0 Å². The van der Waals surface area contributed by atoms with Crippen LogP contribution in [-0.4, -0.2) is 47.0 Å². The lowest BCUT2D eigenvalue weighted by atomic mass is 9.87. The number of piperazine rings is 1. The molecule has 1 fully saturated rings. The first-order valence-electron chi connectivity index (χ1n) is 10.8. The second kappa shape index (κ2) is 9.20. The maximum Gasteiger partial charge on any atom is 0.321 e. The lowest BCUT2D eigenvalue weighted by Crippen LogP contribution is -2.49. The van der Waals surface area contributed by atoms with E-state index in [-0.39, 0.29) is 11.4 Å². The molecular weight excluding hydrogens is 404 g/mol. The molecule has 31 heavy (non-hydrogen) atoms. The molecule has 0 aliphatic carbocycles. The number of urea groups is 1. The smallest absolute Gasteiger partial charge is 0.321 e. The normalized spacial score (nSPS) is 15.1. The molecule has 5 nitrogen and oxygen atoms in total. The Labute approximate surface area is 188 Å². The molecule has 0 atom stereocenters. The first kappa shape index (κ1) is 21.5. The average molecular weight is 435 g/mol. The lowest BCUT2D eigenvalue weighted by molar-refractivity contribution is 0.143. The van der Waals surface area contributed by atoms with Crippen molar-refractivity contribution in [3.05, 3.63) is 70.5 Å². The molecule has 2 aromatic carbocycles. The molecule has 3 aromatic rings. The highest BCUT2D eigenvalue weighted by molar-refractivity contribution is 7.09. The monoisotopic (exact) mass is 434 g/mol. The van der Waals surface area contributed by atoms with Gasteiger partial charge in [0.1, 0.15) is 5.01 Å². The summed E-state index contributed by atoms with van der Waals surface area (Å²) in [7, 11) is 0. The van der Waals surface area contributed by atoms with E-state index >= 15 is 0 Å². The SMILES string of the molecule is CC(C)(C)c1ccc(NC(=O)N2CCN(Cc3nc(-c4ccccc4)cs3)CC2)cc1. The molecule has 0 unspecified atom stereocenters. The van der Waals surface area contributed by atoms with Crippen LogP contribution >= 0.6 is 11.3 Å². The van der Waals surface area contributed by atoms with Crippen LogP contribution in [0.3, 0.4) is 0 Å². The standard InChI is InChI=1S/C25H30N4OS/c1-25(2,3)20-9-11-21(12-10-20)26-24(30)29-15-13-28(14-16-29)17-23-27-22(18-31-23)19-7-5-4-6-8-19/h4-12,18H,13-17H2,1-3H3,(H,26,30). The second-order valence-corrected chi connectivity index (χ2v) is 9.96. The molecule has 0 radical (unpaired) electrons. The summed E-state index contributed by atoms with van der Waals surface area (Å²) in [6, 6.07) is 18.4. The summed E-state index contributed by atoms with van der Waals surface area (Å²) >= 11 is 1.70. The van der Waals surface area contributed by atoms with Gasteiger partial charge in [0.05, 0.1) is 12.2 Å². The van der Waals surface area contributed by atoms with Gasteiger partial charge in [-0.3, -0.25) is 4.90 Å². The fraction of sp³-hybridized carbons (Fsp3) is 0.360. The van der Waals surface area contributed by atoms with Crippen LogP contribution in [0.1, 0.15) is 31.3 Å². The maximum atomic E-state index is 12.7. The number of nitrogens with zero attached hydrogens (tertiary/aromatic N) is 3. The molecule has 1 aromatic heterocycles. The van der Waals surface area contributed by atoms with E-state index in [4.69, 9.17) is 4.98 Å². The molecule has 2 amide bonds. The van der Waals surface area contributed by atoms with Gasteiger partial charge in [0, 0.05) is 42.8 Å². The zero-order valence-corrected chi connectivity index (χ0v) is 19.3. The van der Waals surface area contributed by atoms with Gasteiger partial charge in [-0.05, 0) is 23.1 Å². The van der Waals surface area contributed by atoms with Crippen molar-refractivity contribution in [3.63, 3.8) is 0 Å². The number of anilines is 1. The van der Waals surface area contributed by atoms with Gasteiger partial charge in [0.2, 0.25) is 0 Å². The Bertz CT molecular complexity index is 1000. The minimum absolute atomic E-state index is 0.0243. The van der Waals surface area contributed by atoms with Crippen molar-refractivity contribution >= 4 is 23.1 Å². The molecule has 162 valence electrons. The summed E-state index contributed by atoms with van der Waals surface area (Å²) in [6.45, 7) is 10.6. The topological polar surface area (TPSA) is 48.5 Å². The number of hydrogen-bond acceptors (Lipinski definition) is 4. The Kier molecular flexibility index (Phi) is 6.39. The molecule has 6 heteroatoms. The predicted octanol–water partition coefficient (Wildman–Crippen LogP) is 5.46. The van der Waals surface area contributed by atoms with Crippen molar-refractivity contribution in [1.29, 1.82) is 0 Å². The third kappa shape index (κ3) is 5.51. The van der Waals surface area contributed by atoms with Crippen LogP contribution in [0.5, 0.6) is 0 Å². The molecule has 2 heterocycles. The third-order valence-electron chi connectivity index (χ3n) is 5.64. The number of thiazole rings is 1. The fourth-order valence-electron chi connectivity index (χ4n) is 3.68. The fourth-order valence-corrected chi connectivity index (χ4v) is 4.53. The van der Waals surface area contributed by atoms with Crippen molar-refractivity contribution in [1.82, 2.24) is 14.8 Å². The molecule has 1 saturated heterocycles. The van der Waals surface area contributed by atoms with E-state index in [1.807, 2.05) is 35.2 Å². The summed E-state index contributed by atoms with van der Waals surface area (Å²) < 4.78 is 0. The van der Waals surface area contributed by atoms with Crippen LogP contribution in [0.4, 0.5) is 10.5 Å². The Hall–Kier alpha value is -2.70. The number of amides is 2. The number of benzene rings is 2. The van der Waals surface area contributed by atoms with Crippen molar-refractivity contribution in [2.24, 2.45) is 0 Å². The Balaban J connectivity index is 1.27. The van der Waals surface area contributed by atoms with Gasteiger partial charge in [-0.25, -0.2) is 9.78 Å². The largest absolute Gasteiger partial charge is 0.322 e. The van der Waals surface area contributed by atoms with Crippen LogP contribution < -0.4 is 5.32 Å². The molecule has 0 saturated carbocycles. The van der Waals surface area contributed by atoms with Crippen molar-refractivity contribution in [3.8, 4) is 11.3 Å². The Morgan fingerprint density at radius 1 is 1.00 bits per heavy atom. The van der Waals surface area contributed by atoms with E-state index in [9.17, 15) is 4.79 Å². The van der Waals surface area contributed by atoms with Gasteiger partial charge in [-0.1, -0.05) is 63.2 Å². The van der Waals surface area contributed by atoms with E-state index in [1.54, 1.807) is 11.3 Å². The highest BCUT2D eigenvalue weighted by Crippen LogP contribution is 2.24.